The van der Waals surface area contributed by atoms with Crippen molar-refractivity contribution >= 4 is 17.7 Å². The minimum absolute atomic E-state index is 0.226. The van der Waals surface area contributed by atoms with Crippen LogP contribution in [0.4, 0.5) is 9.18 Å². The molecule has 0 aliphatic rings. The molecule has 0 aliphatic carbocycles. The summed E-state index contributed by atoms with van der Waals surface area (Å²) in [6.07, 6.45) is -0.0417. The van der Waals surface area contributed by atoms with Gasteiger partial charge in [0.15, 0.2) is 5.82 Å². The first-order valence-electron chi connectivity index (χ1n) is 9.26. The molecule has 10 heteroatoms. The van der Waals surface area contributed by atoms with Crippen LogP contribution in [0.1, 0.15) is 19.7 Å². The van der Waals surface area contributed by atoms with Crippen LogP contribution >= 0.6 is 11.6 Å². The number of hydrogen-bond donors (Lipinski definition) is 1. The third-order valence-corrected chi connectivity index (χ3v) is 4.53. The van der Waals surface area contributed by atoms with E-state index in [9.17, 15) is 9.18 Å². The van der Waals surface area contributed by atoms with Crippen LogP contribution in [0.25, 0.3) is 16.8 Å². The van der Waals surface area contributed by atoms with Crippen molar-refractivity contribution in [3.63, 3.8) is 0 Å². The zero-order valence-corrected chi connectivity index (χ0v) is 17.5. The maximum Gasteiger partial charge on any atom is 0.412 e. The molecule has 1 unspecified atom stereocenters. The lowest BCUT2D eigenvalue weighted by molar-refractivity contribution is 0.159. The number of ether oxygens (including phenoxy) is 2. The number of carbonyl (C=O) groups excluding carboxylic acids is 1. The first kappa shape index (κ1) is 21.7. The Labute approximate surface area is 177 Å². The van der Waals surface area contributed by atoms with Crippen molar-refractivity contribution in [3.05, 3.63) is 53.1 Å². The lowest BCUT2D eigenvalue weighted by Crippen LogP contribution is -2.37. The zero-order valence-electron chi connectivity index (χ0n) is 16.7. The predicted octanol–water partition coefficient (Wildman–Crippen LogP) is 3.81. The fourth-order valence-electron chi connectivity index (χ4n) is 2.90. The van der Waals surface area contributed by atoms with Gasteiger partial charge in [-0.25, -0.2) is 9.18 Å². The Kier molecular flexibility index (Phi) is 6.96. The van der Waals surface area contributed by atoms with Crippen LogP contribution in [-0.4, -0.2) is 46.1 Å². The van der Waals surface area contributed by atoms with E-state index in [0.29, 0.717) is 35.7 Å². The number of aromatic nitrogens is 4. The second-order valence-corrected chi connectivity index (χ2v) is 7.00. The summed E-state index contributed by atoms with van der Waals surface area (Å²) >= 11 is 6.24. The quantitative estimate of drug-likeness (QED) is 0.609. The van der Waals surface area contributed by atoms with Gasteiger partial charge in [0, 0.05) is 25.2 Å². The molecule has 0 saturated heterocycles. The number of tetrazole rings is 1. The van der Waals surface area contributed by atoms with E-state index in [1.54, 1.807) is 43.0 Å². The molecule has 0 aliphatic heterocycles. The largest absolute Gasteiger partial charge is 0.412 e. The molecule has 0 spiro atoms. The van der Waals surface area contributed by atoms with Gasteiger partial charge in [-0.1, -0.05) is 18.5 Å². The van der Waals surface area contributed by atoms with Gasteiger partial charge >= 0.3 is 6.09 Å². The highest BCUT2D eigenvalue weighted by molar-refractivity contribution is 6.33. The summed E-state index contributed by atoms with van der Waals surface area (Å²) in [5.41, 5.74) is 1.76. The van der Waals surface area contributed by atoms with Crippen LogP contribution in [-0.2, 0) is 11.2 Å². The minimum Gasteiger partial charge on any atom is -0.410 e. The Morgan fingerprint density at radius 1 is 1.30 bits per heavy atom. The highest BCUT2D eigenvalue weighted by atomic mass is 35.5. The minimum atomic E-state index is -0.639. The van der Waals surface area contributed by atoms with Crippen molar-refractivity contribution in [2.45, 2.75) is 26.3 Å². The van der Waals surface area contributed by atoms with E-state index in [4.69, 9.17) is 21.1 Å². The van der Waals surface area contributed by atoms with Gasteiger partial charge in [-0.15, -0.1) is 5.10 Å². The van der Waals surface area contributed by atoms with Gasteiger partial charge in [0.2, 0.25) is 0 Å². The molecule has 30 heavy (non-hydrogen) atoms. The molecule has 2 aromatic carbocycles. The molecule has 1 N–H and O–H groups in total. The summed E-state index contributed by atoms with van der Waals surface area (Å²) in [6, 6.07) is 8.91. The Morgan fingerprint density at radius 2 is 2.10 bits per heavy atom. The molecule has 0 radical (unpaired) electrons. The third-order valence-electron chi connectivity index (χ3n) is 4.22. The molecule has 1 amide bonds. The van der Waals surface area contributed by atoms with Crippen LogP contribution < -0.4 is 10.1 Å². The van der Waals surface area contributed by atoms with Crippen molar-refractivity contribution in [3.8, 4) is 22.6 Å². The average Bonchev–Trinajstić information content (AvgIpc) is 3.16. The number of benzene rings is 2. The van der Waals surface area contributed by atoms with Gasteiger partial charge in [-0.2, -0.15) is 4.68 Å². The number of aryl methyl sites for hydroxylation is 1. The van der Waals surface area contributed by atoms with E-state index in [2.05, 4.69) is 20.8 Å². The molecule has 1 atom stereocenters. The van der Waals surface area contributed by atoms with E-state index >= 15 is 0 Å². The second kappa shape index (κ2) is 9.64. The number of hydrogen-bond acceptors (Lipinski definition) is 6. The van der Waals surface area contributed by atoms with Crippen molar-refractivity contribution < 1.29 is 18.7 Å². The average molecular weight is 434 g/mol. The topological polar surface area (TPSA) is 91.2 Å². The van der Waals surface area contributed by atoms with Crippen LogP contribution in [0.5, 0.6) is 5.75 Å². The Hall–Kier alpha value is -3.04. The van der Waals surface area contributed by atoms with Crippen molar-refractivity contribution in [1.82, 2.24) is 25.5 Å². The van der Waals surface area contributed by atoms with Gasteiger partial charge in [0.25, 0.3) is 0 Å². The first-order valence-corrected chi connectivity index (χ1v) is 9.64. The summed E-state index contributed by atoms with van der Waals surface area (Å²) in [7, 11) is 1.54. The van der Waals surface area contributed by atoms with Gasteiger partial charge in [0.05, 0.1) is 23.4 Å². The van der Waals surface area contributed by atoms with Crippen LogP contribution in [0.3, 0.4) is 0 Å². The summed E-state index contributed by atoms with van der Waals surface area (Å²) in [4.78, 5) is 12.3. The van der Waals surface area contributed by atoms with Gasteiger partial charge in [0.1, 0.15) is 11.6 Å². The Bertz CT molecular complexity index is 1040. The molecule has 158 valence electrons. The van der Waals surface area contributed by atoms with E-state index in [1.807, 2.05) is 6.92 Å². The molecule has 1 aromatic heterocycles. The molecule has 3 rings (SSSR count). The molecule has 0 fully saturated rings. The standard InChI is InChI=1S/C20H21ClFN5O3/c1-4-19-24-25-26-27(19)15-7-13(17-6-5-14(22)9-18(17)21)8-16(10-15)30-20(28)23-12(2)11-29-3/h5-10,12H,4,11H2,1-3H3,(H,23,28). The molecular weight excluding hydrogens is 413 g/mol. The van der Waals surface area contributed by atoms with Crippen LogP contribution in [0.15, 0.2) is 36.4 Å². The molecule has 0 saturated carbocycles. The number of amides is 1. The van der Waals surface area contributed by atoms with E-state index < -0.39 is 11.9 Å². The van der Waals surface area contributed by atoms with E-state index in [1.165, 1.54) is 12.1 Å². The Balaban J connectivity index is 2.01. The van der Waals surface area contributed by atoms with E-state index in [0.717, 1.165) is 0 Å². The zero-order chi connectivity index (χ0) is 21.7. The number of methoxy groups -OCH3 is 1. The first-order chi connectivity index (χ1) is 14.4. The monoisotopic (exact) mass is 433 g/mol. The molecular formula is C20H21ClFN5O3. The summed E-state index contributed by atoms with van der Waals surface area (Å²) in [5, 5.41) is 14.6. The molecule has 8 nitrogen and oxygen atoms in total. The lowest BCUT2D eigenvalue weighted by Gasteiger charge is -2.15. The molecule has 3 aromatic rings. The lowest BCUT2D eigenvalue weighted by atomic mass is 10.0. The summed E-state index contributed by atoms with van der Waals surface area (Å²) in [5.74, 6) is 0.431. The normalized spacial score (nSPS) is 11.9. The molecule has 1 heterocycles. The third kappa shape index (κ3) is 5.11. The summed E-state index contributed by atoms with van der Waals surface area (Å²) in [6.45, 7) is 4.06. The van der Waals surface area contributed by atoms with Gasteiger partial charge in [-0.05, 0) is 53.2 Å². The fraction of sp³-hybridized carbons (Fsp3) is 0.300. The van der Waals surface area contributed by atoms with E-state index in [-0.39, 0.29) is 16.8 Å². The SMILES string of the molecule is CCc1nnnn1-c1cc(OC(=O)NC(C)COC)cc(-c2ccc(F)cc2Cl)c1. The number of halogens is 2. The maximum atomic E-state index is 13.5. The fourth-order valence-corrected chi connectivity index (χ4v) is 3.18. The smallest absolute Gasteiger partial charge is 0.410 e. The van der Waals surface area contributed by atoms with Crippen LogP contribution in [0, 0.1) is 5.82 Å². The van der Waals surface area contributed by atoms with Gasteiger partial charge < -0.3 is 14.8 Å². The van der Waals surface area contributed by atoms with Crippen molar-refractivity contribution in [2.75, 3.05) is 13.7 Å². The van der Waals surface area contributed by atoms with Crippen molar-refractivity contribution in [1.29, 1.82) is 0 Å². The number of nitrogens with one attached hydrogen (secondary N) is 1. The van der Waals surface area contributed by atoms with Crippen molar-refractivity contribution in [2.24, 2.45) is 0 Å². The highest BCUT2D eigenvalue weighted by Crippen LogP contribution is 2.33. The number of carbonyl (C=O) groups is 1. The summed E-state index contributed by atoms with van der Waals surface area (Å²) < 4.78 is 25.5. The second-order valence-electron chi connectivity index (χ2n) is 6.59. The van der Waals surface area contributed by atoms with Crippen LogP contribution in [0.2, 0.25) is 5.02 Å². The highest BCUT2D eigenvalue weighted by Gasteiger charge is 2.15. The number of rotatable bonds is 7. The maximum absolute atomic E-state index is 13.5. The predicted molar refractivity (Wildman–Crippen MR) is 109 cm³/mol. The Morgan fingerprint density at radius 3 is 2.80 bits per heavy atom. The molecule has 0 bridgehead atoms. The van der Waals surface area contributed by atoms with Gasteiger partial charge in [-0.3, -0.25) is 0 Å². The number of nitrogens with zero attached hydrogens (tertiary/aromatic N) is 4.